The van der Waals surface area contributed by atoms with Gasteiger partial charge in [0.25, 0.3) is 5.91 Å². The van der Waals surface area contributed by atoms with Crippen molar-refractivity contribution in [1.82, 2.24) is 25.1 Å². The summed E-state index contributed by atoms with van der Waals surface area (Å²) in [5, 5.41) is 6.17. The zero-order chi connectivity index (χ0) is 19.9. The number of ether oxygens (including phenoxy) is 2. The van der Waals surface area contributed by atoms with Crippen molar-refractivity contribution in [3.63, 3.8) is 0 Å². The third kappa shape index (κ3) is 4.82. The number of amides is 1. The summed E-state index contributed by atoms with van der Waals surface area (Å²) in [5.74, 6) is 2.11. The molecule has 0 saturated carbocycles. The van der Waals surface area contributed by atoms with Crippen LogP contribution in [-0.4, -0.2) is 60.3 Å². The van der Waals surface area contributed by atoms with E-state index in [9.17, 15) is 4.79 Å². The number of carbonyl (C=O) groups is 1. The van der Waals surface area contributed by atoms with Gasteiger partial charge in [0, 0.05) is 52.2 Å². The Bertz CT molecular complexity index is 792. The molecule has 1 atom stereocenters. The van der Waals surface area contributed by atoms with Crippen LogP contribution in [0.15, 0.2) is 30.6 Å². The number of aromatic nitrogens is 2. The summed E-state index contributed by atoms with van der Waals surface area (Å²) >= 11 is 0. The predicted molar refractivity (Wildman–Crippen MR) is 106 cm³/mol. The van der Waals surface area contributed by atoms with Crippen LogP contribution in [0.1, 0.15) is 24.4 Å². The van der Waals surface area contributed by atoms with Crippen LogP contribution in [0.2, 0.25) is 0 Å². The van der Waals surface area contributed by atoms with Crippen molar-refractivity contribution in [3.8, 4) is 11.5 Å². The molecule has 0 radical (unpaired) electrons. The van der Waals surface area contributed by atoms with E-state index < -0.39 is 0 Å². The van der Waals surface area contributed by atoms with E-state index in [0.29, 0.717) is 18.0 Å². The van der Waals surface area contributed by atoms with E-state index in [0.717, 1.165) is 37.6 Å². The molecule has 1 fully saturated rings. The van der Waals surface area contributed by atoms with Crippen molar-refractivity contribution in [2.24, 2.45) is 7.05 Å². The Kier molecular flexibility index (Phi) is 6.89. The van der Waals surface area contributed by atoms with E-state index in [1.807, 2.05) is 44.6 Å². The Balaban J connectivity index is 1.70. The number of nitrogens with zero attached hydrogens (tertiary/aromatic N) is 3. The Labute approximate surface area is 165 Å². The molecule has 1 aliphatic heterocycles. The number of aryl methyl sites for hydroxylation is 1. The number of carbonyl (C=O) groups excluding carboxylic acids is 1. The number of hydrogen-bond donors (Lipinski definition) is 2. The molecule has 1 amide bonds. The van der Waals surface area contributed by atoms with Crippen molar-refractivity contribution in [2.45, 2.75) is 19.5 Å². The third-order valence-electron chi connectivity index (χ3n) is 4.86. The standard InChI is InChI=1S/C20H29N5O3/c1-4-22-19(26)14-28-17-6-5-15(11-18(17)27-3)13-25-10-7-21-12-16(25)20-23-8-9-24(20)2/h5-6,8-9,11,16,21H,4,7,10,12-14H2,1-3H3,(H,22,26). The minimum absolute atomic E-state index is 0.0252. The van der Waals surface area contributed by atoms with Gasteiger partial charge in [0.2, 0.25) is 0 Å². The lowest BCUT2D eigenvalue weighted by Crippen LogP contribution is -2.46. The molecule has 8 nitrogen and oxygen atoms in total. The summed E-state index contributed by atoms with van der Waals surface area (Å²) in [6.07, 6.45) is 3.82. The maximum atomic E-state index is 11.6. The second kappa shape index (κ2) is 9.57. The van der Waals surface area contributed by atoms with E-state index in [2.05, 4.69) is 25.1 Å². The van der Waals surface area contributed by atoms with Gasteiger partial charge >= 0.3 is 0 Å². The van der Waals surface area contributed by atoms with Crippen molar-refractivity contribution >= 4 is 5.91 Å². The summed E-state index contributed by atoms with van der Waals surface area (Å²) in [7, 11) is 3.64. The highest BCUT2D eigenvalue weighted by Gasteiger charge is 2.27. The van der Waals surface area contributed by atoms with Crippen LogP contribution in [0.25, 0.3) is 0 Å². The van der Waals surface area contributed by atoms with Gasteiger partial charge in [-0.05, 0) is 24.6 Å². The molecule has 8 heteroatoms. The van der Waals surface area contributed by atoms with E-state index >= 15 is 0 Å². The first kappa shape index (κ1) is 20.2. The van der Waals surface area contributed by atoms with Crippen LogP contribution in [0.4, 0.5) is 0 Å². The fourth-order valence-electron chi connectivity index (χ4n) is 3.44. The molecule has 28 heavy (non-hydrogen) atoms. The van der Waals surface area contributed by atoms with Gasteiger partial charge in [0.05, 0.1) is 13.2 Å². The number of imidazole rings is 1. The predicted octanol–water partition coefficient (Wildman–Crippen LogP) is 1.09. The minimum atomic E-state index is -0.146. The lowest BCUT2D eigenvalue weighted by Gasteiger charge is -2.35. The Morgan fingerprint density at radius 3 is 2.96 bits per heavy atom. The summed E-state index contributed by atoms with van der Waals surface area (Å²) in [4.78, 5) is 18.6. The van der Waals surface area contributed by atoms with Crippen molar-refractivity contribution in [1.29, 1.82) is 0 Å². The van der Waals surface area contributed by atoms with E-state index in [1.54, 1.807) is 7.11 Å². The Morgan fingerprint density at radius 2 is 2.25 bits per heavy atom. The largest absolute Gasteiger partial charge is 0.493 e. The summed E-state index contributed by atoms with van der Waals surface area (Å²) < 4.78 is 13.2. The molecule has 2 N–H and O–H groups in total. The first-order valence-electron chi connectivity index (χ1n) is 9.60. The molecule has 1 aromatic carbocycles. The quantitative estimate of drug-likeness (QED) is 0.706. The maximum absolute atomic E-state index is 11.6. The van der Waals surface area contributed by atoms with Crippen LogP contribution in [0, 0.1) is 0 Å². The molecule has 152 valence electrons. The zero-order valence-electron chi connectivity index (χ0n) is 16.8. The van der Waals surface area contributed by atoms with Crippen LogP contribution < -0.4 is 20.1 Å². The van der Waals surface area contributed by atoms with Crippen molar-refractivity contribution < 1.29 is 14.3 Å². The number of benzene rings is 1. The molecule has 1 aromatic heterocycles. The first-order valence-corrected chi connectivity index (χ1v) is 9.60. The van der Waals surface area contributed by atoms with Crippen LogP contribution in [-0.2, 0) is 18.4 Å². The first-order chi connectivity index (χ1) is 13.6. The second-order valence-electron chi connectivity index (χ2n) is 6.81. The van der Waals surface area contributed by atoms with Crippen molar-refractivity contribution in [2.75, 3.05) is 39.9 Å². The highest BCUT2D eigenvalue weighted by atomic mass is 16.5. The second-order valence-corrected chi connectivity index (χ2v) is 6.81. The SMILES string of the molecule is CCNC(=O)COc1ccc(CN2CCNCC2c2nccn2C)cc1OC. The average molecular weight is 387 g/mol. The average Bonchev–Trinajstić information content (AvgIpc) is 3.13. The molecule has 1 aliphatic rings. The Hall–Kier alpha value is -2.58. The zero-order valence-corrected chi connectivity index (χ0v) is 16.8. The summed E-state index contributed by atoms with van der Waals surface area (Å²) in [5.41, 5.74) is 1.13. The molecule has 2 aromatic rings. The van der Waals surface area contributed by atoms with Gasteiger partial charge in [0.15, 0.2) is 18.1 Å². The molecule has 0 spiro atoms. The smallest absolute Gasteiger partial charge is 0.257 e. The third-order valence-corrected chi connectivity index (χ3v) is 4.86. The van der Waals surface area contributed by atoms with Crippen LogP contribution >= 0.6 is 0 Å². The van der Waals surface area contributed by atoms with Gasteiger partial charge in [-0.25, -0.2) is 4.98 Å². The topological polar surface area (TPSA) is 80.7 Å². The van der Waals surface area contributed by atoms with Gasteiger partial charge in [0.1, 0.15) is 5.82 Å². The molecular formula is C20H29N5O3. The van der Waals surface area contributed by atoms with E-state index in [1.165, 1.54) is 0 Å². The highest BCUT2D eigenvalue weighted by molar-refractivity contribution is 5.77. The number of hydrogen-bond acceptors (Lipinski definition) is 6. The molecule has 3 rings (SSSR count). The number of methoxy groups -OCH3 is 1. The molecule has 2 heterocycles. The van der Waals surface area contributed by atoms with E-state index in [-0.39, 0.29) is 18.6 Å². The number of piperazine rings is 1. The molecular weight excluding hydrogens is 358 g/mol. The van der Waals surface area contributed by atoms with Gasteiger partial charge in [-0.3, -0.25) is 9.69 Å². The highest BCUT2D eigenvalue weighted by Crippen LogP contribution is 2.30. The fourth-order valence-corrected chi connectivity index (χ4v) is 3.44. The number of rotatable bonds is 8. The molecule has 1 unspecified atom stereocenters. The summed E-state index contributed by atoms with van der Waals surface area (Å²) in [6, 6.07) is 6.08. The normalized spacial score (nSPS) is 17.3. The van der Waals surface area contributed by atoms with Gasteiger partial charge < -0.3 is 24.7 Å². The van der Waals surface area contributed by atoms with Gasteiger partial charge in [-0.1, -0.05) is 6.07 Å². The minimum Gasteiger partial charge on any atom is -0.493 e. The molecule has 0 bridgehead atoms. The lowest BCUT2D eigenvalue weighted by atomic mass is 10.1. The van der Waals surface area contributed by atoms with Gasteiger partial charge in [-0.2, -0.15) is 0 Å². The number of likely N-dealkylation sites (N-methyl/N-ethyl adjacent to an activating group) is 1. The fraction of sp³-hybridized carbons (Fsp3) is 0.500. The maximum Gasteiger partial charge on any atom is 0.257 e. The van der Waals surface area contributed by atoms with Crippen LogP contribution in [0.5, 0.6) is 11.5 Å². The number of nitrogens with one attached hydrogen (secondary N) is 2. The van der Waals surface area contributed by atoms with Gasteiger partial charge in [-0.15, -0.1) is 0 Å². The molecule has 0 aliphatic carbocycles. The van der Waals surface area contributed by atoms with Crippen LogP contribution in [0.3, 0.4) is 0 Å². The van der Waals surface area contributed by atoms with E-state index in [4.69, 9.17) is 9.47 Å². The summed E-state index contributed by atoms with van der Waals surface area (Å²) in [6.45, 7) is 5.98. The lowest BCUT2D eigenvalue weighted by molar-refractivity contribution is -0.123. The van der Waals surface area contributed by atoms with Crippen molar-refractivity contribution in [3.05, 3.63) is 42.0 Å². The molecule has 1 saturated heterocycles. The Morgan fingerprint density at radius 1 is 1.39 bits per heavy atom. The monoisotopic (exact) mass is 387 g/mol.